The molecule has 1 N–H and O–H groups in total. The van der Waals surface area contributed by atoms with Gasteiger partial charge in [0.25, 0.3) is 5.69 Å². The summed E-state index contributed by atoms with van der Waals surface area (Å²) in [6.45, 7) is 0. The molecule has 0 radical (unpaired) electrons. The standard InChI is InChI=1S/C12H14N2O3/c1-17-10-6-7-12(14(15)16)11(8-10)13-9-4-2-3-5-9/h2-3,6-9,13H,4-5H2,1H3. The summed E-state index contributed by atoms with van der Waals surface area (Å²) in [5.41, 5.74) is 0.598. The molecule has 0 heterocycles. The van der Waals surface area contributed by atoms with Crippen LogP contribution in [0.15, 0.2) is 30.4 Å². The number of nitro benzene ring substituents is 1. The normalized spacial score (nSPS) is 14.9. The van der Waals surface area contributed by atoms with Crippen molar-refractivity contribution >= 4 is 11.4 Å². The Bertz CT molecular complexity index is 449. The van der Waals surface area contributed by atoms with Gasteiger partial charge in [-0.1, -0.05) is 12.2 Å². The summed E-state index contributed by atoms with van der Waals surface area (Å²) in [6.07, 6.45) is 5.94. The molecule has 0 aromatic heterocycles. The molecular weight excluding hydrogens is 220 g/mol. The molecule has 90 valence electrons. The molecule has 0 spiro atoms. The van der Waals surface area contributed by atoms with Crippen molar-refractivity contribution in [3.63, 3.8) is 0 Å². The SMILES string of the molecule is COc1ccc([N+](=O)[O-])c(NC2CC=CC2)c1. The van der Waals surface area contributed by atoms with Crippen LogP contribution in [-0.4, -0.2) is 18.1 Å². The number of methoxy groups -OCH3 is 1. The first-order chi connectivity index (χ1) is 8.20. The average Bonchev–Trinajstić information content (AvgIpc) is 2.81. The number of ether oxygens (including phenoxy) is 1. The number of hydrogen-bond acceptors (Lipinski definition) is 4. The van der Waals surface area contributed by atoms with Gasteiger partial charge in [-0.15, -0.1) is 0 Å². The Hall–Kier alpha value is -2.04. The Morgan fingerprint density at radius 3 is 2.71 bits per heavy atom. The Kier molecular flexibility index (Phi) is 3.27. The third-order valence-corrected chi connectivity index (χ3v) is 2.77. The van der Waals surface area contributed by atoms with Crippen LogP contribution < -0.4 is 10.1 Å². The van der Waals surface area contributed by atoms with Crippen LogP contribution >= 0.6 is 0 Å². The molecule has 5 heteroatoms. The van der Waals surface area contributed by atoms with E-state index in [1.165, 1.54) is 6.07 Å². The van der Waals surface area contributed by atoms with Crippen molar-refractivity contribution in [1.29, 1.82) is 0 Å². The maximum Gasteiger partial charge on any atom is 0.292 e. The summed E-state index contributed by atoms with van der Waals surface area (Å²) in [5.74, 6) is 0.615. The zero-order chi connectivity index (χ0) is 12.3. The lowest BCUT2D eigenvalue weighted by Gasteiger charge is -2.14. The number of nitrogens with one attached hydrogen (secondary N) is 1. The Balaban J connectivity index is 2.24. The van der Waals surface area contributed by atoms with Crippen molar-refractivity contribution in [3.05, 3.63) is 40.5 Å². The van der Waals surface area contributed by atoms with Gasteiger partial charge in [-0.05, 0) is 18.9 Å². The minimum atomic E-state index is -0.385. The highest BCUT2D eigenvalue weighted by Crippen LogP contribution is 2.30. The average molecular weight is 234 g/mol. The van der Waals surface area contributed by atoms with Crippen LogP contribution in [0.2, 0.25) is 0 Å². The molecule has 1 aromatic carbocycles. The molecule has 1 aliphatic carbocycles. The van der Waals surface area contributed by atoms with E-state index in [0.29, 0.717) is 11.4 Å². The van der Waals surface area contributed by atoms with Crippen LogP contribution in [0.3, 0.4) is 0 Å². The molecule has 0 saturated carbocycles. The van der Waals surface area contributed by atoms with Crippen molar-refractivity contribution < 1.29 is 9.66 Å². The predicted molar refractivity (Wildman–Crippen MR) is 65.4 cm³/mol. The third kappa shape index (κ3) is 2.55. The van der Waals surface area contributed by atoms with Gasteiger partial charge >= 0.3 is 0 Å². The first-order valence-electron chi connectivity index (χ1n) is 5.44. The number of rotatable bonds is 4. The van der Waals surface area contributed by atoms with Crippen molar-refractivity contribution in [1.82, 2.24) is 0 Å². The van der Waals surface area contributed by atoms with E-state index in [-0.39, 0.29) is 16.7 Å². The third-order valence-electron chi connectivity index (χ3n) is 2.77. The zero-order valence-corrected chi connectivity index (χ0v) is 9.55. The van der Waals surface area contributed by atoms with Crippen LogP contribution in [0, 0.1) is 10.1 Å². The zero-order valence-electron chi connectivity index (χ0n) is 9.55. The Morgan fingerprint density at radius 1 is 1.41 bits per heavy atom. The van der Waals surface area contributed by atoms with Crippen molar-refractivity contribution in [2.75, 3.05) is 12.4 Å². The summed E-state index contributed by atoms with van der Waals surface area (Å²) in [4.78, 5) is 10.5. The fourth-order valence-electron chi connectivity index (χ4n) is 1.87. The van der Waals surface area contributed by atoms with E-state index in [0.717, 1.165) is 12.8 Å². The smallest absolute Gasteiger partial charge is 0.292 e. The van der Waals surface area contributed by atoms with Crippen LogP contribution in [0.5, 0.6) is 5.75 Å². The van der Waals surface area contributed by atoms with E-state index >= 15 is 0 Å². The maximum absolute atomic E-state index is 10.9. The summed E-state index contributed by atoms with van der Waals surface area (Å²) in [5, 5.41) is 14.1. The van der Waals surface area contributed by atoms with Gasteiger partial charge in [-0.2, -0.15) is 0 Å². The van der Waals surface area contributed by atoms with Gasteiger partial charge in [0.05, 0.1) is 12.0 Å². The van der Waals surface area contributed by atoms with Gasteiger partial charge in [-0.3, -0.25) is 10.1 Å². The van der Waals surface area contributed by atoms with Crippen LogP contribution in [-0.2, 0) is 0 Å². The second kappa shape index (κ2) is 4.86. The molecule has 0 atom stereocenters. The summed E-state index contributed by atoms with van der Waals surface area (Å²) < 4.78 is 5.08. The highest BCUT2D eigenvalue weighted by atomic mass is 16.6. The number of anilines is 1. The fraction of sp³-hybridized carbons (Fsp3) is 0.333. The molecule has 2 rings (SSSR count). The first-order valence-corrected chi connectivity index (χ1v) is 5.44. The highest BCUT2D eigenvalue weighted by Gasteiger charge is 2.18. The maximum atomic E-state index is 10.9. The van der Waals surface area contributed by atoms with Crippen molar-refractivity contribution in [3.8, 4) is 5.75 Å². The molecule has 0 unspecified atom stereocenters. The van der Waals surface area contributed by atoms with Gasteiger partial charge in [-0.25, -0.2) is 0 Å². The molecule has 0 saturated heterocycles. The lowest BCUT2D eigenvalue weighted by molar-refractivity contribution is -0.384. The number of hydrogen-bond donors (Lipinski definition) is 1. The molecule has 5 nitrogen and oxygen atoms in total. The molecule has 1 aromatic rings. The van der Waals surface area contributed by atoms with Crippen molar-refractivity contribution in [2.24, 2.45) is 0 Å². The fourth-order valence-corrected chi connectivity index (χ4v) is 1.87. The quantitative estimate of drug-likeness (QED) is 0.494. The second-order valence-corrected chi connectivity index (χ2v) is 3.92. The Labute approximate surface area is 99.2 Å². The summed E-state index contributed by atoms with van der Waals surface area (Å²) >= 11 is 0. The lowest BCUT2D eigenvalue weighted by Crippen LogP contribution is -2.16. The van der Waals surface area contributed by atoms with Gasteiger partial charge in [0.15, 0.2) is 0 Å². The molecule has 17 heavy (non-hydrogen) atoms. The lowest BCUT2D eigenvalue weighted by atomic mass is 10.2. The molecule has 0 amide bonds. The van der Waals surface area contributed by atoms with Gasteiger partial charge < -0.3 is 10.1 Å². The second-order valence-electron chi connectivity index (χ2n) is 3.92. The van der Waals surface area contributed by atoms with E-state index < -0.39 is 0 Å². The highest BCUT2D eigenvalue weighted by molar-refractivity contribution is 5.64. The molecular formula is C12H14N2O3. The minimum Gasteiger partial charge on any atom is -0.497 e. The molecule has 1 aliphatic rings. The molecule has 0 aliphatic heterocycles. The molecule has 0 fully saturated rings. The summed E-state index contributed by atoms with van der Waals surface area (Å²) in [7, 11) is 1.54. The summed E-state index contributed by atoms with van der Waals surface area (Å²) in [6, 6.07) is 4.96. The van der Waals surface area contributed by atoms with Gasteiger partial charge in [0, 0.05) is 18.2 Å². The van der Waals surface area contributed by atoms with Crippen LogP contribution in [0.1, 0.15) is 12.8 Å². The van der Waals surface area contributed by atoms with E-state index in [9.17, 15) is 10.1 Å². The van der Waals surface area contributed by atoms with Gasteiger partial charge in [0.1, 0.15) is 11.4 Å². The van der Waals surface area contributed by atoms with E-state index in [1.54, 1.807) is 19.2 Å². The molecule has 0 bridgehead atoms. The van der Waals surface area contributed by atoms with Gasteiger partial charge in [0.2, 0.25) is 0 Å². The largest absolute Gasteiger partial charge is 0.497 e. The van der Waals surface area contributed by atoms with Crippen LogP contribution in [0.25, 0.3) is 0 Å². The monoisotopic (exact) mass is 234 g/mol. The Morgan fingerprint density at radius 2 is 2.12 bits per heavy atom. The number of nitro groups is 1. The number of benzene rings is 1. The topological polar surface area (TPSA) is 64.4 Å². The van der Waals surface area contributed by atoms with E-state index in [1.807, 2.05) is 0 Å². The van der Waals surface area contributed by atoms with Crippen LogP contribution in [0.4, 0.5) is 11.4 Å². The van der Waals surface area contributed by atoms with E-state index in [2.05, 4.69) is 17.5 Å². The number of nitrogens with zero attached hydrogens (tertiary/aromatic N) is 1. The minimum absolute atomic E-state index is 0.0812. The van der Waals surface area contributed by atoms with E-state index in [4.69, 9.17) is 4.74 Å². The first kappa shape index (κ1) is 11.4. The van der Waals surface area contributed by atoms with Crippen molar-refractivity contribution in [2.45, 2.75) is 18.9 Å². The predicted octanol–water partition coefficient (Wildman–Crippen LogP) is 2.73.